The van der Waals surface area contributed by atoms with Crippen molar-refractivity contribution in [2.75, 3.05) is 13.2 Å². The van der Waals surface area contributed by atoms with E-state index in [0.717, 1.165) is 24.1 Å². The van der Waals surface area contributed by atoms with E-state index in [1.807, 2.05) is 0 Å². The Balaban J connectivity index is 1.84. The van der Waals surface area contributed by atoms with Crippen LogP contribution in [0.1, 0.15) is 38.8 Å². The molecular weight excluding hydrogens is 406 g/mol. The molecule has 0 radical (unpaired) electrons. The molecule has 8 nitrogen and oxygen atoms in total. The molecule has 0 bridgehead atoms. The van der Waals surface area contributed by atoms with E-state index in [-0.39, 0.29) is 31.0 Å². The van der Waals surface area contributed by atoms with Crippen LogP contribution in [0.5, 0.6) is 0 Å². The lowest BCUT2D eigenvalue weighted by atomic mass is 9.98. The van der Waals surface area contributed by atoms with Crippen molar-refractivity contribution in [3.05, 3.63) is 42.4 Å². The highest BCUT2D eigenvalue weighted by Gasteiger charge is 2.52. The summed E-state index contributed by atoms with van der Waals surface area (Å²) >= 11 is 0. The van der Waals surface area contributed by atoms with E-state index in [0.29, 0.717) is 11.6 Å². The largest absolute Gasteiger partial charge is 0.381 e. The lowest BCUT2D eigenvalue weighted by molar-refractivity contribution is -0.134. The van der Waals surface area contributed by atoms with E-state index in [1.165, 1.54) is 17.6 Å². The molecule has 9 heteroatoms. The molecule has 0 unspecified atom stereocenters. The molecule has 1 aliphatic heterocycles. The van der Waals surface area contributed by atoms with Gasteiger partial charge in [-0.05, 0) is 43.7 Å². The molecule has 1 aromatic carbocycles. The fourth-order valence-corrected chi connectivity index (χ4v) is 5.46. The number of rotatable bonds is 7. The maximum atomic E-state index is 13.3. The van der Waals surface area contributed by atoms with Gasteiger partial charge >= 0.3 is 0 Å². The molecule has 1 amide bonds. The van der Waals surface area contributed by atoms with Gasteiger partial charge in [0, 0.05) is 25.0 Å². The summed E-state index contributed by atoms with van der Waals surface area (Å²) < 4.78 is 30.0. The van der Waals surface area contributed by atoms with Gasteiger partial charge in [-0.3, -0.25) is 20.0 Å². The van der Waals surface area contributed by atoms with Gasteiger partial charge in [-0.15, -0.1) is 0 Å². The molecule has 1 aromatic heterocycles. The van der Waals surface area contributed by atoms with Crippen LogP contribution in [0.4, 0.5) is 0 Å². The number of hydrogen-bond acceptors (Lipinski definition) is 7. The number of ether oxygens (including phenoxy) is 1. The number of hydroxylamine groups is 1. The second kappa shape index (κ2) is 9.20. The van der Waals surface area contributed by atoms with Crippen LogP contribution >= 0.6 is 0 Å². The summed E-state index contributed by atoms with van der Waals surface area (Å²) in [5, 5.41) is 9.13. The van der Waals surface area contributed by atoms with E-state index >= 15 is 0 Å². The minimum absolute atomic E-state index is 0.0123. The van der Waals surface area contributed by atoms with Crippen molar-refractivity contribution in [2.24, 2.45) is 5.92 Å². The van der Waals surface area contributed by atoms with E-state index in [4.69, 9.17) is 9.94 Å². The SMILES string of the molecule is CC(C)CCc1cnc(-c2ccc(S(=O)(=O)C3(C(=O)NO)CCOCC3)cc2)cn1. The van der Waals surface area contributed by atoms with Crippen molar-refractivity contribution >= 4 is 15.7 Å². The lowest BCUT2D eigenvalue weighted by Crippen LogP contribution is -2.54. The fraction of sp³-hybridized carbons (Fsp3) is 0.476. The summed E-state index contributed by atoms with van der Waals surface area (Å²) in [5.41, 5.74) is 3.81. The normalized spacial score (nSPS) is 16.4. The molecule has 1 fully saturated rings. The molecule has 3 rings (SSSR count). The smallest absolute Gasteiger partial charge is 0.265 e. The quantitative estimate of drug-likeness (QED) is 0.509. The minimum Gasteiger partial charge on any atom is -0.381 e. The zero-order valence-corrected chi connectivity index (χ0v) is 18.0. The van der Waals surface area contributed by atoms with Crippen LogP contribution in [0.25, 0.3) is 11.3 Å². The molecular formula is C21H27N3O5S. The Bertz CT molecular complexity index is 967. The van der Waals surface area contributed by atoms with Crippen LogP contribution in [0, 0.1) is 5.92 Å². The zero-order valence-electron chi connectivity index (χ0n) is 17.2. The predicted octanol–water partition coefficient (Wildman–Crippen LogP) is 2.56. The van der Waals surface area contributed by atoms with Crippen LogP contribution in [-0.2, 0) is 25.8 Å². The van der Waals surface area contributed by atoms with Gasteiger partial charge in [0.1, 0.15) is 0 Å². The Morgan fingerprint density at radius 2 is 1.83 bits per heavy atom. The molecule has 2 heterocycles. The highest BCUT2D eigenvalue weighted by atomic mass is 32.2. The molecule has 162 valence electrons. The van der Waals surface area contributed by atoms with Crippen LogP contribution in [0.3, 0.4) is 0 Å². The number of carbonyl (C=O) groups excluding carboxylic acids is 1. The van der Waals surface area contributed by atoms with Crippen LogP contribution in [0.15, 0.2) is 41.6 Å². The average molecular weight is 434 g/mol. The molecule has 2 N–H and O–H groups in total. The maximum Gasteiger partial charge on any atom is 0.265 e. The third-order valence-electron chi connectivity index (χ3n) is 5.47. The zero-order chi connectivity index (χ0) is 21.8. The van der Waals surface area contributed by atoms with Gasteiger partial charge in [0.2, 0.25) is 0 Å². The number of benzene rings is 1. The van der Waals surface area contributed by atoms with Crippen molar-refractivity contribution < 1.29 is 23.2 Å². The first kappa shape index (κ1) is 22.3. The standard InChI is InChI=1S/C21H27N3O5S/c1-15(2)3-6-17-13-23-19(14-22-17)16-4-7-18(8-5-16)30(27,28)21(20(25)24-26)9-11-29-12-10-21/h4-5,7-8,13-15,26H,3,6,9-12H2,1-2H3,(H,24,25). The fourth-order valence-electron chi connectivity index (χ4n) is 3.52. The molecule has 30 heavy (non-hydrogen) atoms. The highest BCUT2D eigenvalue weighted by Crippen LogP contribution is 2.35. The molecule has 0 saturated carbocycles. The predicted molar refractivity (Wildman–Crippen MR) is 111 cm³/mol. The molecule has 2 aromatic rings. The molecule has 1 aliphatic rings. The topological polar surface area (TPSA) is 118 Å². The summed E-state index contributed by atoms with van der Waals surface area (Å²) in [7, 11) is -4.04. The highest BCUT2D eigenvalue weighted by molar-refractivity contribution is 7.93. The number of hydrogen-bond donors (Lipinski definition) is 2. The van der Waals surface area contributed by atoms with E-state index in [1.54, 1.807) is 24.5 Å². The minimum atomic E-state index is -4.04. The van der Waals surface area contributed by atoms with E-state index in [2.05, 4.69) is 23.8 Å². The maximum absolute atomic E-state index is 13.3. The summed E-state index contributed by atoms with van der Waals surface area (Å²) in [6, 6.07) is 6.21. The van der Waals surface area contributed by atoms with Gasteiger partial charge in [-0.2, -0.15) is 0 Å². The molecule has 1 saturated heterocycles. The van der Waals surface area contributed by atoms with Crippen LogP contribution in [0.2, 0.25) is 0 Å². The number of carbonyl (C=O) groups is 1. The first-order valence-corrected chi connectivity index (χ1v) is 11.5. The van der Waals surface area contributed by atoms with Gasteiger partial charge in [0.05, 0.1) is 22.5 Å². The van der Waals surface area contributed by atoms with Crippen molar-refractivity contribution in [1.82, 2.24) is 15.4 Å². The van der Waals surface area contributed by atoms with Crippen molar-refractivity contribution in [2.45, 2.75) is 49.2 Å². The van der Waals surface area contributed by atoms with Gasteiger partial charge < -0.3 is 4.74 Å². The molecule has 0 atom stereocenters. The third-order valence-corrected chi connectivity index (χ3v) is 7.99. The van der Waals surface area contributed by atoms with E-state index < -0.39 is 20.5 Å². The second-order valence-electron chi connectivity index (χ2n) is 7.90. The Hall–Kier alpha value is -2.36. The Morgan fingerprint density at radius 1 is 1.17 bits per heavy atom. The first-order chi connectivity index (χ1) is 14.3. The van der Waals surface area contributed by atoms with E-state index in [9.17, 15) is 13.2 Å². The first-order valence-electron chi connectivity index (χ1n) is 9.98. The number of nitrogens with zero attached hydrogens (tertiary/aromatic N) is 2. The number of sulfone groups is 1. The Morgan fingerprint density at radius 3 is 2.37 bits per heavy atom. The Kier molecular flexibility index (Phi) is 6.84. The van der Waals surface area contributed by atoms with Gasteiger partial charge in [-0.25, -0.2) is 13.9 Å². The lowest BCUT2D eigenvalue weighted by Gasteiger charge is -2.34. The summed E-state index contributed by atoms with van der Waals surface area (Å²) in [6.45, 7) is 4.57. The molecule has 0 spiro atoms. The monoisotopic (exact) mass is 433 g/mol. The van der Waals surface area contributed by atoms with Crippen molar-refractivity contribution in [1.29, 1.82) is 0 Å². The second-order valence-corrected chi connectivity index (χ2v) is 10.2. The van der Waals surface area contributed by atoms with Crippen LogP contribution in [-0.4, -0.2) is 47.5 Å². The van der Waals surface area contributed by atoms with Crippen LogP contribution < -0.4 is 5.48 Å². The number of aryl methyl sites for hydroxylation is 1. The Labute approximate surface area is 176 Å². The van der Waals surface area contributed by atoms with Crippen molar-refractivity contribution in [3.63, 3.8) is 0 Å². The summed E-state index contributed by atoms with van der Waals surface area (Å²) in [4.78, 5) is 21.2. The number of amides is 1. The average Bonchev–Trinajstić information content (AvgIpc) is 2.78. The third kappa shape index (κ3) is 4.38. The van der Waals surface area contributed by atoms with Gasteiger partial charge in [-0.1, -0.05) is 26.0 Å². The van der Waals surface area contributed by atoms with Gasteiger partial charge in [0.15, 0.2) is 14.6 Å². The van der Waals surface area contributed by atoms with Gasteiger partial charge in [0.25, 0.3) is 5.91 Å². The summed E-state index contributed by atoms with van der Waals surface area (Å²) in [5.74, 6) is -0.342. The molecule has 0 aliphatic carbocycles. The summed E-state index contributed by atoms with van der Waals surface area (Å²) in [6.07, 6.45) is 5.28. The van der Waals surface area contributed by atoms with Crippen molar-refractivity contribution in [3.8, 4) is 11.3 Å². The number of aromatic nitrogens is 2. The number of nitrogens with one attached hydrogen (secondary N) is 1.